The molecule has 0 fully saturated rings. The van der Waals surface area contributed by atoms with E-state index >= 15 is 0 Å². The molecule has 0 unspecified atom stereocenters. The summed E-state index contributed by atoms with van der Waals surface area (Å²) < 4.78 is 18.5. The third-order valence-corrected chi connectivity index (χ3v) is 4.11. The minimum absolute atomic E-state index is 0.111. The number of aryl methyl sites for hydroxylation is 1. The second kappa shape index (κ2) is 9.54. The standard InChI is InChI=1S/C20H19FN2O6/c1-12-9-14(23(27)28)7-8-17(12)22-19(25)11-29-20(26)13(2)10-18(24)15-5-3-4-6-16(15)21/h3-9,13H,10-11H2,1-2H3,(H,22,25)/t13-/m1/s1. The number of anilines is 1. The Balaban J connectivity index is 1.86. The number of carbonyl (C=O) groups is 3. The lowest BCUT2D eigenvalue weighted by Gasteiger charge is -2.12. The first kappa shape index (κ1) is 21.7. The number of non-ortho nitro benzene ring substituents is 1. The Hall–Kier alpha value is -3.62. The van der Waals surface area contributed by atoms with Crippen molar-refractivity contribution in [2.24, 2.45) is 5.92 Å². The van der Waals surface area contributed by atoms with E-state index in [-0.39, 0.29) is 17.7 Å². The van der Waals surface area contributed by atoms with Crippen LogP contribution in [0.5, 0.6) is 0 Å². The number of hydrogen-bond acceptors (Lipinski definition) is 6. The van der Waals surface area contributed by atoms with Crippen LogP contribution in [-0.2, 0) is 14.3 Å². The monoisotopic (exact) mass is 402 g/mol. The van der Waals surface area contributed by atoms with Gasteiger partial charge < -0.3 is 10.1 Å². The first-order valence-electron chi connectivity index (χ1n) is 8.68. The molecule has 0 aromatic heterocycles. The van der Waals surface area contributed by atoms with Crippen LogP contribution in [0.3, 0.4) is 0 Å². The van der Waals surface area contributed by atoms with Gasteiger partial charge in [0.25, 0.3) is 11.6 Å². The van der Waals surface area contributed by atoms with Crippen molar-refractivity contribution in [2.75, 3.05) is 11.9 Å². The second-order valence-electron chi connectivity index (χ2n) is 6.42. The molecule has 2 rings (SSSR count). The summed E-state index contributed by atoms with van der Waals surface area (Å²) in [6.45, 7) is 2.44. The summed E-state index contributed by atoms with van der Waals surface area (Å²) >= 11 is 0. The number of nitro groups is 1. The predicted molar refractivity (Wildman–Crippen MR) is 102 cm³/mol. The number of ether oxygens (including phenoxy) is 1. The van der Waals surface area contributed by atoms with Crippen molar-refractivity contribution in [1.29, 1.82) is 0 Å². The van der Waals surface area contributed by atoms with E-state index in [4.69, 9.17) is 4.74 Å². The Kier molecular flexibility index (Phi) is 7.13. The molecule has 0 aliphatic heterocycles. The van der Waals surface area contributed by atoms with Crippen LogP contribution in [0.25, 0.3) is 0 Å². The number of carbonyl (C=O) groups excluding carboxylic acids is 3. The number of nitrogens with one attached hydrogen (secondary N) is 1. The number of halogens is 1. The Morgan fingerprint density at radius 3 is 2.52 bits per heavy atom. The van der Waals surface area contributed by atoms with Crippen molar-refractivity contribution in [3.63, 3.8) is 0 Å². The van der Waals surface area contributed by atoms with Crippen molar-refractivity contribution in [2.45, 2.75) is 20.3 Å². The third-order valence-electron chi connectivity index (χ3n) is 4.11. The van der Waals surface area contributed by atoms with Crippen molar-refractivity contribution < 1.29 is 28.4 Å². The van der Waals surface area contributed by atoms with Gasteiger partial charge in [0, 0.05) is 24.2 Å². The van der Waals surface area contributed by atoms with E-state index < -0.39 is 40.9 Å². The fourth-order valence-corrected chi connectivity index (χ4v) is 2.53. The summed E-state index contributed by atoms with van der Waals surface area (Å²) in [5, 5.41) is 13.2. The number of esters is 1. The van der Waals surface area contributed by atoms with Gasteiger partial charge in [0.1, 0.15) is 5.82 Å². The summed E-state index contributed by atoms with van der Waals surface area (Å²) in [5.74, 6) is -3.49. The van der Waals surface area contributed by atoms with Crippen molar-refractivity contribution in [1.82, 2.24) is 0 Å². The van der Waals surface area contributed by atoms with Gasteiger partial charge in [-0.25, -0.2) is 4.39 Å². The maximum absolute atomic E-state index is 13.6. The van der Waals surface area contributed by atoms with Gasteiger partial charge in [-0.2, -0.15) is 0 Å². The molecular weight excluding hydrogens is 383 g/mol. The van der Waals surface area contributed by atoms with E-state index in [1.165, 1.54) is 43.3 Å². The first-order valence-corrected chi connectivity index (χ1v) is 8.68. The van der Waals surface area contributed by atoms with Crippen LogP contribution in [-0.4, -0.2) is 29.2 Å². The Bertz CT molecular complexity index is 960. The van der Waals surface area contributed by atoms with E-state index in [0.717, 1.165) is 6.07 Å². The molecule has 0 spiro atoms. The Morgan fingerprint density at radius 2 is 1.90 bits per heavy atom. The predicted octanol–water partition coefficient (Wildman–Crippen LogP) is 3.43. The molecule has 0 saturated heterocycles. The molecule has 2 aromatic rings. The minimum atomic E-state index is -0.865. The zero-order valence-corrected chi connectivity index (χ0v) is 15.8. The highest BCUT2D eigenvalue weighted by atomic mass is 19.1. The number of nitrogens with zero attached hydrogens (tertiary/aromatic N) is 1. The van der Waals surface area contributed by atoms with Gasteiger partial charge >= 0.3 is 5.97 Å². The number of ketones is 1. The molecule has 152 valence electrons. The highest BCUT2D eigenvalue weighted by molar-refractivity contribution is 5.98. The second-order valence-corrected chi connectivity index (χ2v) is 6.42. The average molecular weight is 402 g/mol. The van der Waals surface area contributed by atoms with E-state index in [2.05, 4.69) is 5.32 Å². The van der Waals surface area contributed by atoms with Gasteiger partial charge in [-0.15, -0.1) is 0 Å². The normalized spacial score (nSPS) is 11.4. The molecule has 0 radical (unpaired) electrons. The zero-order valence-electron chi connectivity index (χ0n) is 15.8. The van der Waals surface area contributed by atoms with Gasteiger partial charge in [0.15, 0.2) is 12.4 Å². The molecule has 0 heterocycles. The largest absolute Gasteiger partial charge is 0.455 e. The molecule has 0 bridgehead atoms. The number of benzene rings is 2. The maximum Gasteiger partial charge on any atom is 0.309 e. The lowest BCUT2D eigenvalue weighted by molar-refractivity contribution is -0.384. The highest BCUT2D eigenvalue weighted by Gasteiger charge is 2.22. The summed E-state index contributed by atoms with van der Waals surface area (Å²) in [7, 11) is 0. The van der Waals surface area contributed by atoms with Gasteiger partial charge in [-0.3, -0.25) is 24.5 Å². The summed E-state index contributed by atoms with van der Waals surface area (Å²) in [6, 6.07) is 9.38. The molecule has 9 heteroatoms. The number of Topliss-reactive ketones (excluding diaryl/α,β-unsaturated/α-hetero) is 1. The van der Waals surface area contributed by atoms with Gasteiger partial charge in [0.05, 0.1) is 16.4 Å². The fraction of sp³-hybridized carbons (Fsp3) is 0.250. The van der Waals surface area contributed by atoms with Crippen LogP contribution in [0.1, 0.15) is 29.3 Å². The maximum atomic E-state index is 13.6. The van der Waals surface area contributed by atoms with E-state index in [1.54, 1.807) is 6.92 Å². The van der Waals surface area contributed by atoms with E-state index in [9.17, 15) is 28.9 Å². The average Bonchev–Trinajstić information content (AvgIpc) is 2.67. The lowest BCUT2D eigenvalue weighted by Crippen LogP contribution is -2.25. The number of amides is 1. The SMILES string of the molecule is Cc1cc([N+](=O)[O-])ccc1NC(=O)COC(=O)[C@H](C)CC(=O)c1ccccc1F. The topological polar surface area (TPSA) is 116 Å². The fourth-order valence-electron chi connectivity index (χ4n) is 2.53. The molecular formula is C20H19FN2O6. The minimum Gasteiger partial charge on any atom is -0.455 e. The Labute approximate surface area is 165 Å². The molecule has 0 aliphatic carbocycles. The highest BCUT2D eigenvalue weighted by Crippen LogP contribution is 2.21. The molecule has 1 N–H and O–H groups in total. The van der Waals surface area contributed by atoms with Crippen LogP contribution in [0.15, 0.2) is 42.5 Å². The van der Waals surface area contributed by atoms with Crippen molar-refractivity contribution in [3.05, 3.63) is 69.5 Å². The third kappa shape index (κ3) is 5.93. The molecule has 8 nitrogen and oxygen atoms in total. The van der Waals surface area contributed by atoms with E-state index in [0.29, 0.717) is 11.3 Å². The molecule has 1 amide bonds. The van der Waals surface area contributed by atoms with Gasteiger partial charge in [-0.1, -0.05) is 19.1 Å². The molecule has 0 saturated carbocycles. The van der Waals surface area contributed by atoms with Crippen LogP contribution in [0.4, 0.5) is 15.8 Å². The van der Waals surface area contributed by atoms with Crippen molar-refractivity contribution in [3.8, 4) is 0 Å². The summed E-state index contributed by atoms with van der Waals surface area (Å²) in [6.07, 6.45) is -0.261. The first-order chi connectivity index (χ1) is 13.7. The van der Waals surface area contributed by atoms with E-state index in [1.807, 2.05) is 0 Å². The number of nitro benzene ring substituents is 1. The van der Waals surface area contributed by atoms with Gasteiger partial charge in [0.2, 0.25) is 0 Å². The zero-order chi connectivity index (χ0) is 21.6. The van der Waals surface area contributed by atoms with Gasteiger partial charge in [-0.05, 0) is 30.7 Å². The van der Waals surface area contributed by atoms with Crippen LogP contribution < -0.4 is 5.32 Å². The number of hydrogen-bond donors (Lipinski definition) is 1. The molecule has 2 aromatic carbocycles. The Morgan fingerprint density at radius 1 is 1.21 bits per heavy atom. The smallest absolute Gasteiger partial charge is 0.309 e. The summed E-state index contributed by atoms with van der Waals surface area (Å²) in [4.78, 5) is 46.3. The van der Waals surface area contributed by atoms with Crippen molar-refractivity contribution >= 4 is 29.0 Å². The quantitative estimate of drug-likeness (QED) is 0.313. The molecule has 29 heavy (non-hydrogen) atoms. The van der Waals surface area contributed by atoms with Crippen LogP contribution >= 0.6 is 0 Å². The van der Waals surface area contributed by atoms with Crippen LogP contribution in [0.2, 0.25) is 0 Å². The summed E-state index contributed by atoms with van der Waals surface area (Å²) in [5.41, 5.74) is 0.598. The van der Waals surface area contributed by atoms with Crippen LogP contribution in [0, 0.1) is 28.8 Å². The number of rotatable bonds is 8. The molecule has 1 atom stereocenters. The lowest BCUT2D eigenvalue weighted by atomic mass is 9.99. The molecule has 0 aliphatic rings.